The first-order chi connectivity index (χ1) is 5.79. The highest BCUT2D eigenvalue weighted by molar-refractivity contribution is 5.60. The molecule has 0 aromatic heterocycles. The van der Waals surface area contributed by atoms with Crippen LogP contribution in [0.3, 0.4) is 0 Å². The molecule has 0 saturated heterocycles. The normalized spacial score (nSPS) is 9.42. The van der Waals surface area contributed by atoms with E-state index in [9.17, 15) is 4.91 Å². The fourth-order valence-corrected chi connectivity index (χ4v) is 0.874. The van der Waals surface area contributed by atoms with Crippen LogP contribution in [0.15, 0.2) is 23.4 Å². The van der Waals surface area contributed by atoms with E-state index in [-0.39, 0.29) is 11.4 Å². The molecule has 0 atom stereocenters. The van der Waals surface area contributed by atoms with E-state index in [1.165, 1.54) is 6.07 Å². The number of nitrogens with zero attached hydrogens (tertiary/aromatic N) is 1. The maximum atomic E-state index is 10.2. The molecule has 1 aromatic carbocycles. The van der Waals surface area contributed by atoms with E-state index in [1.807, 2.05) is 0 Å². The molecular formula is C8H9NO3. The molecule has 1 rings (SSSR count). The van der Waals surface area contributed by atoms with Crippen LogP contribution in [-0.2, 0) is 0 Å². The smallest absolute Gasteiger partial charge is 0.191 e. The minimum atomic E-state index is -0.157. The minimum Gasteiger partial charge on any atom is -0.505 e. The maximum absolute atomic E-state index is 10.2. The van der Waals surface area contributed by atoms with E-state index in [1.54, 1.807) is 19.1 Å². The van der Waals surface area contributed by atoms with Gasteiger partial charge in [-0.05, 0) is 24.2 Å². The van der Waals surface area contributed by atoms with Crippen molar-refractivity contribution in [1.82, 2.24) is 0 Å². The Labute approximate surface area is 69.8 Å². The Hall–Kier alpha value is -1.58. The van der Waals surface area contributed by atoms with E-state index >= 15 is 0 Å². The Morgan fingerprint density at radius 1 is 1.58 bits per heavy atom. The number of hydrogen-bond acceptors (Lipinski definition) is 4. The summed E-state index contributed by atoms with van der Waals surface area (Å²) >= 11 is 0. The molecule has 0 unspecified atom stereocenters. The second-order valence-electron chi connectivity index (χ2n) is 2.15. The Morgan fingerprint density at radius 2 is 2.33 bits per heavy atom. The molecular weight excluding hydrogens is 158 g/mol. The molecule has 0 saturated carbocycles. The Balaban J connectivity index is 3.09. The lowest BCUT2D eigenvalue weighted by molar-refractivity contribution is 0.339. The highest BCUT2D eigenvalue weighted by Crippen LogP contribution is 2.35. The van der Waals surface area contributed by atoms with Gasteiger partial charge < -0.3 is 9.84 Å². The van der Waals surface area contributed by atoms with Crippen LogP contribution in [0.1, 0.15) is 6.92 Å². The zero-order chi connectivity index (χ0) is 8.97. The number of nitroso groups, excluding NO2 is 1. The predicted molar refractivity (Wildman–Crippen MR) is 44.7 cm³/mol. The molecule has 0 heterocycles. The van der Waals surface area contributed by atoms with E-state index in [0.29, 0.717) is 12.4 Å². The van der Waals surface area contributed by atoms with Gasteiger partial charge in [0.15, 0.2) is 11.4 Å². The first-order valence-electron chi connectivity index (χ1n) is 3.57. The van der Waals surface area contributed by atoms with Crippen LogP contribution < -0.4 is 4.74 Å². The second-order valence-corrected chi connectivity index (χ2v) is 2.15. The van der Waals surface area contributed by atoms with Gasteiger partial charge in [-0.3, -0.25) is 0 Å². The number of ether oxygens (including phenoxy) is 1. The van der Waals surface area contributed by atoms with Gasteiger partial charge in [-0.15, -0.1) is 4.91 Å². The highest BCUT2D eigenvalue weighted by Gasteiger charge is 2.07. The van der Waals surface area contributed by atoms with Crippen LogP contribution in [0.2, 0.25) is 0 Å². The number of rotatable bonds is 3. The van der Waals surface area contributed by atoms with Crippen LogP contribution >= 0.6 is 0 Å². The number of phenolic OH excluding ortho intramolecular Hbond substituents is 1. The van der Waals surface area contributed by atoms with Gasteiger partial charge in [0, 0.05) is 0 Å². The second kappa shape index (κ2) is 3.71. The average Bonchev–Trinajstić information content (AvgIpc) is 2.05. The summed E-state index contributed by atoms with van der Waals surface area (Å²) in [4.78, 5) is 10.2. The van der Waals surface area contributed by atoms with Crippen LogP contribution in [0.5, 0.6) is 11.5 Å². The standard InChI is InChI=1S/C8H9NO3/c1-2-12-7-5-3-4-6(10)8(7)9-11/h3-5,10H,2H2,1H3. The SMILES string of the molecule is CCOc1cccc(O)c1N=O. The first-order valence-corrected chi connectivity index (χ1v) is 3.57. The minimum absolute atomic E-state index is 0.0423. The zero-order valence-corrected chi connectivity index (χ0v) is 6.65. The summed E-state index contributed by atoms with van der Waals surface area (Å²) in [5, 5.41) is 11.8. The van der Waals surface area contributed by atoms with E-state index < -0.39 is 0 Å². The molecule has 12 heavy (non-hydrogen) atoms. The maximum Gasteiger partial charge on any atom is 0.191 e. The van der Waals surface area contributed by atoms with E-state index in [2.05, 4.69) is 5.18 Å². The summed E-state index contributed by atoms with van der Waals surface area (Å²) in [6, 6.07) is 4.56. The number of hydrogen-bond donors (Lipinski definition) is 1. The van der Waals surface area contributed by atoms with Crippen molar-refractivity contribution >= 4 is 5.69 Å². The van der Waals surface area contributed by atoms with Crippen molar-refractivity contribution in [2.75, 3.05) is 6.61 Å². The summed E-state index contributed by atoms with van der Waals surface area (Å²) in [5.41, 5.74) is -0.0423. The van der Waals surface area contributed by atoms with Gasteiger partial charge in [0.1, 0.15) is 5.75 Å². The van der Waals surface area contributed by atoms with Crippen molar-refractivity contribution in [2.45, 2.75) is 6.92 Å². The lowest BCUT2D eigenvalue weighted by Crippen LogP contribution is -1.91. The predicted octanol–water partition coefficient (Wildman–Crippen LogP) is 2.19. The lowest BCUT2D eigenvalue weighted by Gasteiger charge is -2.04. The number of aromatic hydroxyl groups is 1. The Morgan fingerprint density at radius 3 is 2.92 bits per heavy atom. The first kappa shape index (κ1) is 8.52. The van der Waals surface area contributed by atoms with Crippen molar-refractivity contribution in [1.29, 1.82) is 0 Å². The third-order valence-corrected chi connectivity index (χ3v) is 1.37. The van der Waals surface area contributed by atoms with Crippen molar-refractivity contribution < 1.29 is 9.84 Å². The third-order valence-electron chi connectivity index (χ3n) is 1.37. The molecule has 0 radical (unpaired) electrons. The van der Waals surface area contributed by atoms with Crippen molar-refractivity contribution in [3.05, 3.63) is 23.1 Å². The largest absolute Gasteiger partial charge is 0.505 e. The van der Waals surface area contributed by atoms with Gasteiger partial charge >= 0.3 is 0 Å². The van der Waals surface area contributed by atoms with Gasteiger partial charge in [-0.25, -0.2) is 0 Å². The molecule has 0 aliphatic heterocycles. The molecule has 0 amide bonds. The number of phenols is 1. The highest BCUT2D eigenvalue weighted by atomic mass is 16.5. The summed E-state index contributed by atoms with van der Waals surface area (Å²) in [7, 11) is 0. The van der Waals surface area contributed by atoms with Crippen LogP contribution in [0, 0.1) is 4.91 Å². The summed E-state index contributed by atoms with van der Waals surface area (Å²) in [6.07, 6.45) is 0. The zero-order valence-electron chi connectivity index (χ0n) is 6.65. The van der Waals surface area contributed by atoms with E-state index in [4.69, 9.17) is 9.84 Å². The van der Waals surface area contributed by atoms with Crippen molar-refractivity contribution in [3.8, 4) is 11.5 Å². The fraction of sp³-hybridized carbons (Fsp3) is 0.250. The molecule has 1 aromatic rings. The molecule has 4 nitrogen and oxygen atoms in total. The summed E-state index contributed by atoms with van der Waals surface area (Å²) in [5.74, 6) is 0.156. The monoisotopic (exact) mass is 167 g/mol. The molecule has 0 aliphatic rings. The Kier molecular flexibility index (Phi) is 2.63. The third kappa shape index (κ3) is 1.53. The molecule has 1 N–H and O–H groups in total. The number of benzene rings is 1. The van der Waals surface area contributed by atoms with Crippen molar-refractivity contribution in [3.63, 3.8) is 0 Å². The van der Waals surface area contributed by atoms with Crippen LogP contribution in [0.4, 0.5) is 5.69 Å². The quantitative estimate of drug-likeness (QED) is 0.702. The molecule has 64 valence electrons. The molecule has 4 heteroatoms. The Bertz CT molecular complexity index is 286. The lowest BCUT2D eigenvalue weighted by atomic mass is 10.3. The topological polar surface area (TPSA) is 58.9 Å². The van der Waals surface area contributed by atoms with Crippen LogP contribution in [-0.4, -0.2) is 11.7 Å². The summed E-state index contributed by atoms with van der Waals surface area (Å²) in [6.45, 7) is 2.23. The molecule has 0 bridgehead atoms. The van der Waals surface area contributed by atoms with Gasteiger partial charge in [0.25, 0.3) is 0 Å². The van der Waals surface area contributed by atoms with Crippen molar-refractivity contribution in [2.24, 2.45) is 5.18 Å². The molecule has 0 spiro atoms. The molecule has 0 aliphatic carbocycles. The average molecular weight is 167 g/mol. The van der Waals surface area contributed by atoms with E-state index in [0.717, 1.165) is 0 Å². The molecule has 0 fully saturated rings. The van der Waals surface area contributed by atoms with Gasteiger partial charge in [0.2, 0.25) is 0 Å². The van der Waals surface area contributed by atoms with Gasteiger partial charge in [-0.1, -0.05) is 6.07 Å². The van der Waals surface area contributed by atoms with Gasteiger partial charge in [-0.2, -0.15) is 0 Å². The van der Waals surface area contributed by atoms with Gasteiger partial charge in [0.05, 0.1) is 6.61 Å². The summed E-state index contributed by atoms with van der Waals surface area (Å²) < 4.78 is 5.05. The fourth-order valence-electron chi connectivity index (χ4n) is 0.874. The van der Waals surface area contributed by atoms with Crippen LogP contribution in [0.25, 0.3) is 0 Å².